The smallest absolute Gasteiger partial charge is 0.221 e. The second-order valence-corrected chi connectivity index (χ2v) is 4.34. The van der Waals surface area contributed by atoms with E-state index in [1.165, 1.54) is 0 Å². The van der Waals surface area contributed by atoms with Gasteiger partial charge in [-0.05, 0) is 26.8 Å². The van der Waals surface area contributed by atoms with E-state index in [2.05, 4.69) is 10.6 Å². The van der Waals surface area contributed by atoms with E-state index in [1.807, 2.05) is 26.8 Å². The third-order valence-corrected chi connectivity index (χ3v) is 2.18. The molecule has 16 heavy (non-hydrogen) atoms. The fourth-order valence-corrected chi connectivity index (χ4v) is 1.42. The van der Waals surface area contributed by atoms with E-state index < -0.39 is 0 Å². The molecule has 0 saturated heterocycles. The summed E-state index contributed by atoms with van der Waals surface area (Å²) in [6.45, 7) is 6.65. The van der Waals surface area contributed by atoms with Gasteiger partial charge in [-0.2, -0.15) is 0 Å². The highest BCUT2D eigenvalue weighted by Crippen LogP contribution is 2.00. The Balaban J connectivity index is 2.20. The Labute approximate surface area is 96.4 Å². The van der Waals surface area contributed by atoms with Gasteiger partial charge in [0.05, 0.1) is 12.5 Å². The van der Waals surface area contributed by atoms with Gasteiger partial charge in [-0.3, -0.25) is 4.79 Å². The van der Waals surface area contributed by atoms with Crippen LogP contribution in [0.3, 0.4) is 0 Å². The maximum atomic E-state index is 11.5. The standard InChI is InChI=1S/C12H20N2O2/c1-9(2)14-12(15)6-10(3)13-7-11-4-5-16-8-11/h4-5,8-10,13H,6-7H2,1-3H3,(H,14,15). The third-order valence-electron chi connectivity index (χ3n) is 2.18. The number of amides is 1. The Bertz CT molecular complexity index is 307. The summed E-state index contributed by atoms with van der Waals surface area (Å²) in [5.74, 6) is 0.0854. The molecule has 0 saturated carbocycles. The van der Waals surface area contributed by atoms with Crippen molar-refractivity contribution in [3.63, 3.8) is 0 Å². The fourth-order valence-electron chi connectivity index (χ4n) is 1.42. The lowest BCUT2D eigenvalue weighted by Crippen LogP contribution is -2.36. The Kier molecular flexibility index (Phi) is 5.05. The van der Waals surface area contributed by atoms with E-state index in [9.17, 15) is 4.79 Å². The van der Waals surface area contributed by atoms with Gasteiger partial charge in [-0.25, -0.2) is 0 Å². The van der Waals surface area contributed by atoms with Crippen molar-refractivity contribution in [2.24, 2.45) is 0 Å². The number of hydrogen-bond acceptors (Lipinski definition) is 3. The average Bonchev–Trinajstić information content (AvgIpc) is 2.65. The van der Waals surface area contributed by atoms with Gasteiger partial charge in [0.15, 0.2) is 0 Å². The first kappa shape index (κ1) is 12.8. The van der Waals surface area contributed by atoms with Crippen LogP contribution in [0.15, 0.2) is 23.0 Å². The number of carbonyl (C=O) groups excluding carboxylic acids is 1. The number of hydrogen-bond donors (Lipinski definition) is 2. The molecule has 90 valence electrons. The summed E-state index contributed by atoms with van der Waals surface area (Å²) in [6, 6.07) is 2.27. The average molecular weight is 224 g/mol. The Hall–Kier alpha value is -1.29. The summed E-state index contributed by atoms with van der Waals surface area (Å²) < 4.78 is 4.96. The van der Waals surface area contributed by atoms with Gasteiger partial charge < -0.3 is 15.1 Å². The highest BCUT2D eigenvalue weighted by atomic mass is 16.3. The lowest BCUT2D eigenvalue weighted by molar-refractivity contribution is -0.122. The highest BCUT2D eigenvalue weighted by Gasteiger charge is 2.09. The zero-order valence-electron chi connectivity index (χ0n) is 10.1. The van der Waals surface area contributed by atoms with E-state index >= 15 is 0 Å². The molecule has 0 bridgehead atoms. The molecule has 0 spiro atoms. The Morgan fingerprint density at radius 1 is 1.44 bits per heavy atom. The predicted molar refractivity (Wildman–Crippen MR) is 62.9 cm³/mol. The van der Waals surface area contributed by atoms with E-state index in [4.69, 9.17) is 4.42 Å². The predicted octanol–water partition coefficient (Wildman–Crippen LogP) is 1.67. The summed E-state index contributed by atoms with van der Waals surface area (Å²) in [5.41, 5.74) is 1.09. The maximum absolute atomic E-state index is 11.5. The van der Waals surface area contributed by atoms with Crippen LogP contribution in [0, 0.1) is 0 Å². The molecule has 1 aromatic heterocycles. The molecular formula is C12H20N2O2. The molecule has 0 aliphatic heterocycles. The van der Waals surface area contributed by atoms with Gasteiger partial charge in [0.1, 0.15) is 0 Å². The number of furan rings is 1. The molecule has 4 nitrogen and oxygen atoms in total. The fraction of sp³-hybridized carbons (Fsp3) is 0.583. The number of rotatable bonds is 6. The van der Waals surface area contributed by atoms with E-state index in [0.29, 0.717) is 6.42 Å². The van der Waals surface area contributed by atoms with Crippen LogP contribution >= 0.6 is 0 Å². The third kappa shape index (κ3) is 4.98. The van der Waals surface area contributed by atoms with Crippen LogP contribution in [0.25, 0.3) is 0 Å². The molecule has 2 N–H and O–H groups in total. The van der Waals surface area contributed by atoms with Crippen molar-refractivity contribution in [2.45, 2.75) is 45.8 Å². The first-order chi connectivity index (χ1) is 7.58. The minimum Gasteiger partial charge on any atom is -0.472 e. The Morgan fingerprint density at radius 3 is 2.75 bits per heavy atom. The normalized spacial score (nSPS) is 12.8. The van der Waals surface area contributed by atoms with E-state index in [1.54, 1.807) is 12.5 Å². The van der Waals surface area contributed by atoms with Crippen molar-refractivity contribution in [1.82, 2.24) is 10.6 Å². The topological polar surface area (TPSA) is 54.3 Å². The molecule has 0 aliphatic rings. The minimum atomic E-state index is 0.0854. The van der Waals surface area contributed by atoms with Crippen molar-refractivity contribution in [3.8, 4) is 0 Å². The first-order valence-electron chi connectivity index (χ1n) is 5.61. The highest BCUT2D eigenvalue weighted by molar-refractivity contribution is 5.76. The molecule has 1 heterocycles. The minimum absolute atomic E-state index is 0.0854. The molecule has 0 aromatic carbocycles. The number of carbonyl (C=O) groups is 1. The molecule has 4 heteroatoms. The largest absolute Gasteiger partial charge is 0.472 e. The second-order valence-electron chi connectivity index (χ2n) is 4.34. The van der Waals surface area contributed by atoms with Crippen LogP contribution in [0.1, 0.15) is 32.8 Å². The molecule has 0 fully saturated rings. The van der Waals surface area contributed by atoms with Gasteiger partial charge in [0, 0.05) is 30.6 Å². The molecule has 1 unspecified atom stereocenters. The van der Waals surface area contributed by atoms with Crippen molar-refractivity contribution in [1.29, 1.82) is 0 Å². The van der Waals surface area contributed by atoms with E-state index in [-0.39, 0.29) is 18.0 Å². The van der Waals surface area contributed by atoms with Crippen molar-refractivity contribution in [2.75, 3.05) is 0 Å². The molecule has 1 aromatic rings. The lowest BCUT2D eigenvalue weighted by atomic mass is 10.2. The SMILES string of the molecule is CC(C)NC(=O)CC(C)NCc1ccoc1. The molecule has 0 aliphatic carbocycles. The quantitative estimate of drug-likeness (QED) is 0.773. The Morgan fingerprint density at radius 2 is 2.19 bits per heavy atom. The van der Waals surface area contributed by atoms with Gasteiger partial charge in [-0.15, -0.1) is 0 Å². The van der Waals surface area contributed by atoms with Gasteiger partial charge in [0.2, 0.25) is 5.91 Å². The van der Waals surface area contributed by atoms with Crippen molar-refractivity contribution < 1.29 is 9.21 Å². The molecule has 1 amide bonds. The van der Waals surface area contributed by atoms with Gasteiger partial charge in [0.25, 0.3) is 0 Å². The zero-order chi connectivity index (χ0) is 12.0. The molecular weight excluding hydrogens is 204 g/mol. The van der Waals surface area contributed by atoms with E-state index in [0.717, 1.165) is 12.1 Å². The summed E-state index contributed by atoms with van der Waals surface area (Å²) in [4.78, 5) is 11.5. The van der Waals surface area contributed by atoms with Crippen molar-refractivity contribution in [3.05, 3.63) is 24.2 Å². The summed E-state index contributed by atoms with van der Waals surface area (Å²) >= 11 is 0. The van der Waals surface area contributed by atoms with Gasteiger partial charge >= 0.3 is 0 Å². The van der Waals surface area contributed by atoms with Crippen LogP contribution in [-0.2, 0) is 11.3 Å². The monoisotopic (exact) mass is 224 g/mol. The molecule has 0 radical (unpaired) electrons. The van der Waals surface area contributed by atoms with Gasteiger partial charge in [-0.1, -0.05) is 0 Å². The summed E-state index contributed by atoms with van der Waals surface area (Å²) in [7, 11) is 0. The molecule has 1 rings (SSSR count). The van der Waals surface area contributed by atoms with Crippen LogP contribution in [0.4, 0.5) is 0 Å². The second kappa shape index (κ2) is 6.33. The molecule has 1 atom stereocenters. The van der Waals surface area contributed by atoms with Crippen LogP contribution in [0.5, 0.6) is 0 Å². The lowest BCUT2D eigenvalue weighted by Gasteiger charge is -2.14. The van der Waals surface area contributed by atoms with Crippen LogP contribution < -0.4 is 10.6 Å². The maximum Gasteiger partial charge on any atom is 0.221 e. The van der Waals surface area contributed by atoms with Crippen LogP contribution in [-0.4, -0.2) is 18.0 Å². The summed E-state index contributed by atoms with van der Waals surface area (Å²) in [5, 5.41) is 6.14. The van der Waals surface area contributed by atoms with Crippen LogP contribution in [0.2, 0.25) is 0 Å². The zero-order valence-corrected chi connectivity index (χ0v) is 10.1. The van der Waals surface area contributed by atoms with Crippen molar-refractivity contribution >= 4 is 5.91 Å². The number of nitrogens with one attached hydrogen (secondary N) is 2. The summed E-state index contributed by atoms with van der Waals surface area (Å²) in [6.07, 6.45) is 3.84. The first-order valence-corrected chi connectivity index (χ1v) is 5.61.